The summed E-state index contributed by atoms with van der Waals surface area (Å²) in [7, 11) is 1.66. The largest absolute Gasteiger partial charge is 0.497 e. The molecule has 0 saturated carbocycles. The van der Waals surface area contributed by atoms with Gasteiger partial charge in [0.15, 0.2) is 0 Å². The molecule has 1 fully saturated rings. The summed E-state index contributed by atoms with van der Waals surface area (Å²) in [5, 5.41) is 0. The number of hydrogen-bond acceptors (Lipinski definition) is 3. The number of nitrogens with zero attached hydrogens (tertiary/aromatic N) is 2. The number of aromatic nitrogens is 1. The van der Waals surface area contributed by atoms with E-state index >= 15 is 0 Å². The third-order valence-electron chi connectivity index (χ3n) is 5.57. The Labute approximate surface area is 177 Å². The van der Waals surface area contributed by atoms with Crippen LogP contribution >= 0.6 is 0 Å². The highest BCUT2D eigenvalue weighted by atomic mass is 16.5. The summed E-state index contributed by atoms with van der Waals surface area (Å²) in [5.41, 5.74) is 4.65. The molecule has 1 saturated heterocycles. The molecule has 5 heteroatoms. The van der Waals surface area contributed by atoms with Gasteiger partial charge in [-0.15, -0.1) is 0 Å². The van der Waals surface area contributed by atoms with E-state index in [1.807, 2.05) is 74.2 Å². The molecule has 3 aromatic rings. The lowest BCUT2D eigenvalue weighted by Gasteiger charge is -2.35. The van der Waals surface area contributed by atoms with Crippen molar-refractivity contribution in [3.63, 3.8) is 0 Å². The van der Waals surface area contributed by atoms with Gasteiger partial charge in [0.05, 0.1) is 30.6 Å². The van der Waals surface area contributed by atoms with Gasteiger partial charge in [0.2, 0.25) is 0 Å². The quantitative estimate of drug-likeness (QED) is 0.632. The lowest BCUT2D eigenvalue weighted by Crippen LogP contribution is -2.48. The molecule has 0 N–H and O–H groups in total. The van der Waals surface area contributed by atoms with Crippen LogP contribution in [0.4, 0.5) is 0 Å². The number of rotatable bonds is 4. The van der Waals surface area contributed by atoms with E-state index in [4.69, 9.17) is 9.47 Å². The summed E-state index contributed by atoms with van der Waals surface area (Å²) in [6.07, 6.45) is 0.0686. The van der Waals surface area contributed by atoms with Crippen LogP contribution in [0.1, 0.15) is 29.9 Å². The van der Waals surface area contributed by atoms with Crippen LogP contribution in [-0.2, 0) is 4.74 Å². The van der Waals surface area contributed by atoms with Gasteiger partial charge in [0, 0.05) is 30.5 Å². The fourth-order valence-electron chi connectivity index (χ4n) is 4.24. The smallest absolute Gasteiger partial charge is 0.255 e. The third kappa shape index (κ3) is 3.85. The SMILES string of the molecule is COc1cccc(-n2c(-c3ccccc3)cc(C(=O)N3CC(C)OC(C)C3)c2C)c1. The molecular weight excluding hydrogens is 376 g/mol. The van der Waals surface area contributed by atoms with Crippen LogP contribution in [-0.4, -0.2) is 47.8 Å². The van der Waals surface area contributed by atoms with Gasteiger partial charge in [0.25, 0.3) is 5.91 Å². The molecule has 2 atom stereocenters. The molecular formula is C25H28N2O3. The molecule has 1 aromatic heterocycles. The number of morpholine rings is 1. The van der Waals surface area contributed by atoms with Crippen molar-refractivity contribution in [3.05, 3.63) is 71.9 Å². The maximum Gasteiger partial charge on any atom is 0.255 e. The predicted octanol–water partition coefficient (Wildman–Crippen LogP) is 4.71. The average Bonchev–Trinajstić information content (AvgIpc) is 3.10. The minimum atomic E-state index is 0.0343. The van der Waals surface area contributed by atoms with Crippen molar-refractivity contribution in [2.75, 3.05) is 20.2 Å². The van der Waals surface area contributed by atoms with Gasteiger partial charge in [-0.25, -0.2) is 0 Å². The van der Waals surface area contributed by atoms with Gasteiger partial charge < -0.3 is 18.9 Å². The van der Waals surface area contributed by atoms with Crippen LogP contribution in [0, 0.1) is 6.92 Å². The zero-order valence-corrected chi connectivity index (χ0v) is 18.0. The average molecular weight is 405 g/mol. The van der Waals surface area contributed by atoms with E-state index in [2.05, 4.69) is 16.7 Å². The van der Waals surface area contributed by atoms with Gasteiger partial charge in [-0.3, -0.25) is 4.79 Å². The number of hydrogen-bond donors (Lipinski definition) is 0. The second kappa shape index (κ2) is 8.36. The van der Waals surface area contributed by atoms with Crippen molar-refractivity contribution >= 4 is 5.91 Å². The zero-order chi connectivity index (χ0) is 21.3. The Kier molecular flexibility index (Phi) is 5.64. The Bertz CT molecular complexity index is 1030. The van der Waals surface area contributed by atoms with Crippen molar-refractivity contribution in [3.8, 4) is 22.7 Å². The number of methoxy groups -OCH3 is 1. The Balaban J connectivity index is 1.83. The fraction of sp³-hybridized carbons (Fsp3) is 0.320. The number of amides is 1. The highest BCUT2D eigenvalue weighted by molar-refractivity contribution is 5.97. The first-order chi connectivity index (χ1) is 14.5. The van der Waals surface area contributed by atoms with E-state index in [0.29, 0.717) is 13.1 Å². The van der Waals surface area contributed by atoms with E-state index in [9.17, 15) is 4.79 Å². The molecule has 0 spiro atoms. The van der Waals surface area contributed by atoms with Crippen LogP contribution in [0.2, 0.25) is 0 Å². The monoisotopic (exact) mass is 404 g/mol. The number of ether oxygens (including phenoxy) is 2. The van der Waals surface area contributed by atoms with E-state index in [-0.39, 0.29) is 18.1 Å². The van der Waals surface area contributed by atoms with Crippen molar-refractivity contribution in [2.45, 2.75) is 33.0 Å². The van der Waals surface area contributed by atoms with E-state index in [1.165, 1.54) is 0 Å². The normalized spacial score (nSPS) is 19.0. The summed E-state index contributed by atoms with van der Waals surface area (Å²) in [6.45, 7) is 7.24. The van der Waals surface area contributed by atoms with Crippen molar-refractivity contribution in [1.82, 2.24) is 9.47 Å². The molecule has 30 heavy (non-hydrogen) atoms. The molecule has 0 radical (unpaired) electrons. The van der Waals surface area contributed by atoms with Gasteiger partial charge >= 0.3 is 0 Å². The summed E-state index contributed by atoms with van der Waals surface area (Å²) in [6, 6.07) is 20.1. The first-order valence-electron chi connectivity index (χ1n) is 10.3. The Morgan fingerprint density at radius 3 is 2.37 bits per heavy atom. The van der Waals surface area contributed by atoms with E-state index in [0.717, 1.165) is 34.0 Å². The van der Waals surface area contributed by atoms with Gasteiger partial charge in [-0.2, -0.15) is 0 Å². The zero-order valence-electron chi connectivity index (χ0n) is 18.0. The molecule has 2 unspecified atom stereocenters. The molecule has 1 aliphatic heterocycles. The summed E-state index contributed by atoms with van der Waals surface area (Å²) >= 11 is 0. The lowest BCUT2D eigenvalue weighted by atomic mass is 10.1. The second-order valence-electron chi connectivity index (χ2n) is 7.90. The number of benzene rings is 2. The molecule has 4 rings (SSSR count). The van der Waals surface area contributed by atoms with Crippen LogP contribution in [0.3, 0.4) is 0 Å². The van der Waals surface area contributed by atoms with Crippen LogP contribution in [0.5, 0.6) is 5.75 Å². The third-order valence-corrected chi connectivity index (χ3v) is 5.57. The first kappa shape index (κ1) is 20.2. The maximum absolute atomic E-state index is 13.5. The molecule has 5 nitrogen and oxygen atoms in total. The topological polar surface area (TPSA) is 43.7 Å². The minimum absolute atomic E-state index is 0.0343. The van der Waals surface area contributed by atoms with Crippen molar-refractivity contribution in [1.29, 1.82) is 0 Å². The molecule has 1 amide bonds. The molecule has 0 aliphatic carbocycles. The standard InChI is InChI=1S/C25H28N2O3/c1-17-15-26(16-18(2)30-17)25(28)23-14-24(20-9-6-5-7-10-20)27(19(23)3)21-11-8-12-22(13-21)29-4/h5-14,17-18H,15-16H2,1-4H3. The van der Waals surface area contributed by atoms with E-state index < -0.39 is 0 Å². The van der Waals surface area contributed by atoms with E-state index in [1.54, 1.807) is 7.11 Å². The predicted molar refractivity (Wildman–Crippen MR) is 118 cm³/mol. The van der Waals surface area contributed by atoms with Crippen molar-refractivity contribution in [2.24, 2.45) is 0 Å². The van der Waals surface area contributed by atoms with Crippen LogP contribution in [0.25, 0.3) is 16.9 Å². The molecule has 156 valence electrons. The lowest BCUT2D eigenvalue weighted by molar-refractivity contribution is -0.0586. The summed E-state index contributed by atoms with van der Waals surface area (Å²) in [4.78, 5) is 15.4. The molecule has 1 aliphatic rings. The highest BCUT2D eigenvalue weighted by Gasteiger charge is 2.29. The highest BCUT2D eigenvalue weighted by Crippen LogP contribution is 2.31. The van der Waals surface area contributed by atoms with Gasteiger partial charge in [-0.1, -0.05) is 36.4 Å². The van der Waals surface area contributed by atoms with Gasteiger partial charge in [0.1, 0.15) is 5.75 Å². The Morgan fingerprint density at radius 1 is 1.00 bits per heavy atom. The summed E-state index contributed by atoms with van der Waals surface area (Å²) < 4.78 is 13.4. The number of carbonyl (C=O) groups is 1. The minimum Gasteiger partial charge on any atom is -0.497 e. The Morgan fingerprint density at radius 2 is 1.70 bits per heavy atom. The Hall–Kier alpha value is -3.05. The maximum atomic E-state index is 13.5. The fourth-order valence-corrected chi connectivity index (χ4v) is 4.24. The first-order valence-corrected chi connectivity index (χ1v) is 10.3. The second-order valence-corrected chi connectivity index (χ2v) is 7.90. The number of carbonyl (C=O) groups excluding carboxylic acids is 1. The van der Waals surface area contributed by atoms with Crippen LogP contribution < -0.4 is 4.74 Å². The van der Waals surface area contributed by atoms with Gasteiger partial charge in [-0.05, 0) is 44.5 Å². The molecule has 2 heterocycles. The van der Waals surface area contributed by atoms with Crippen molar-refractivity contribution < 1.29 is 14.3 Å². The summed E-state index contributed by atoms with van der Waals surface area (Å²) in [5.74, 6) is 0.830. The van der Waals surface area contributed by atoms with Crippen LogP contribution in [0.15, 0.2) is 60.7 Å². The molecule has 2 aromatic carbocycles. The molecule has 0 bridgehead atoms.